The molecule has 10 heteroatoms. The maximum atomic E-state index is 13.1. The molecule has 184 valence electrons. The Balaban J connectivity index is 1.41. The fraction of sp³-hybridized carbons (Fsp3) is 0.360. The molecule has 1 saturated heterocycles. The predicted octanol–water partition coefficient (Wildman–Crippen LogP) is 2.93. The molecule has 0 spiro atoms. The lowest BCUT2D eigenvalue weighted by Crippen LogP contribution is -2.50. The minimum atomic E-state index is -0.682. The highest BCUT2D eigenvalue weighted by Gasteiger charge is 2.24. The molecule has 3 aromatic rings. The van der Waals surface area contributed by atoms with Gasteiger partial charge in [0.1, 0.15) is 12.4 Å². The number of Topliss-reactive ketones (excluding diaryl/α,β-unsaturated/α-hetero) is 1. The van der Waals surface area contributed by atoms with Gasteiger partial charge in [-0.25, -0.2) is 14.0 Å². The molecule has 0 amide bonds. The molecule has 8 nitrogen and oxygen atoms in total. The van der Waals surface area contributed by atoms with Crippen LogP contribution in [0.1, 0.15) is 35.3 Å². The summed E-state index contributed by atoms with van der Waals surface area (Å²) in [5.74, 6) is -0.166. The van der Waals surface area contributed by atoms with Gasteiger partial charge in [-0.2, -0.15) is 5.10 Å². The van der Waals surface area contributed by atoms with Crippen LogP contribution in [0.15, 0.2) is 59.7 Å². The number of hydrogen-bond acceptors (Lipinski definition) is 5. The van der Waals surface area contributed by atoms with Gasteiger partial charge in [0.25, 0.3) is 0 Å². The predicted molar refractivity (Wildman–Crippen MR) is 141 cm³/mol. The second-order valence-corrected chi connectivity index (χ2v) is 9.46. The summed E-state index contributed by atoms with van der Waals surface area (Å²) in [5, 5.41) is 5.28. The van der Waals surface area contributed by atoms with Gasteiger partial charge in [0.2, 0.25) is 0 Å². The quantitative estimate of drug-likeness (QED) is 0.366. The molecular weight excluding hydrogens is 484 g/mol. The van der Waals surface area contributed by atoms with Gasteiger partial charge in [-0.15, -0.1) is 0 Å². The van der Waals surface area contributed by atoms with Crippen LogP contribution in [0.25, 0.3) is 5.69 Å². The first-order valence-corrected chi connectivity index (χ1v) is 12.5. The molecule has 1 atom stereocenters. The molecule has 1 unspecified atom stereocenters. The number of halogens is 1. The normalized spacial score (nSPS) is 15.2. The van der Waals surface area contributed by atoms with Crippen molar-refractivity contribution in [3.63, 3.8) is 0 Å². The van der Waals surface area contributed by atoms with Crippen LogP contribution in [-0.4, -0.2) is 67.8 Å². The van der Waals surface area contributed by atoms with Crippen LogP contribution in [0.2, 0.25) is 5.02 Å². The van der Waals surface area contributed by atoms with E-state index in [2.05, 4.69) is 10.00 Å². The van der Waals surface area contributed by atoms with Crippen molar-refractivity contribution in [2.75, 3.05) is 32.7 Å². The first-order valence-electron chi connectivity index (χ1n) is 11.7. The van der Waals surface area contributed by atoms with Crippen molar-refractivity contribution in [1.29, 1.82) is 0 Å². The Labute approximate surface area is 214 Å². The summed E-state index contributed by atoms with van der Waals surface area (Å²) in [5.41, 5.74) is 7.77. The van der Waals surface area contributed by atoms with Crippen molar-refractivity contribution < 1.29 is 4.79 Å². The first-order chi connectivity index (χ1) is 16.9. The summed E-state index contributed by atoms with van der Waals surface area (Å²) in [7, 11) is 0. The Bertz CT molecular complexity index is 1230. The van der Waals surface area contributed by atoms with Crippen LogP contribution in [0, 0.1) is 0 Å². The molecule has 35 heavy (non-hydrogen) atoms. The van der Waals surface area contributed by atoms with Gasteiger partial charge in [0.15, 0.2) is 10.9 Å². The number of benzene rings is 2. The number of piperazine rings is 1. The van der Waals surface area contributed by atoms with Gasteiger partial charge >= 0.3 is 5.69 Å². The maximum Gasteiger partial charge on any atom is 0.351 e. The molecule has 4 rings (SSSR count). The lowest BCUT2D eigenvalue weighted by molar-refractivity contribution is 0.0911. The lowest BCUT2D eigenvalue weighted by Gasteiger charge is -2.35. The summed E-state index contributed by atoms with van der Waals surface area (Å²) < 4.78 is 2.73. The molecule has 1 aliphatic heterocycles. The van der Waals surface area contributed by atoms with E-state index < -0.39 is 6.04 Å². The third-order valence-electron chi connectivity index (χ3n) is 6.42. The monoisotopic (exact) mass is 512 g/mol. The Kier molecular flexibility index (Phi) is 8.00. The van der Waals surface area contributed by atoms with E-state index in [4.69, 9.17) is 29.6 Å². The zero-order chi connectivity index (χ0) is 24.9. The topological polar surface area (TPSA) is 89.4 Å². The number of thiocarbonyl (C=S) groups is 1. The third kappa shape index (κ3) is 5.80. The number of ketones is 1. The largest absolute Gasteiger partial charge is 0.376 e. The number of aromatic nitrogens is 3. The Morgan fingerprint density at radius 1 is 1.09 bits per heavy atom. The summed E-state index contributed by atoms with van der Waals surface area (Å²) in [6, 6.07) is 13.9. The SMILES string of the molecule is CCC(C(=O)c1ccc(Cl)cc1)n1ncn(-c2ccc(CCN3CCN(C(N)=S)CC3)cc2)c1=O. The van der Waals surface area contributed by atoms with Crippen molar-refractivity contribution in [3.05, 3.63) is 81.5 Å². The smallest absolute Gasteiger partial charge is 0.351 e. The van der Waals surface area contributed by atoms with Gasteiger partial charge in [0, 0.05) is 43.3 Å². The van der Waals surface area contributed by atoms with Gasteiger partial charge < -0.3 is 10.6 Å². The van der Waals surface area contributed by atoms with Crippen LogP contribution in [0.4, 0.5) is 0 Å². The van der Waals surface area contributed by atoms with E-state index >= 15 is 0 Å². The Morgan fingerprint density at radius 2 is 1.74 bits per heavy atom. The van der Waals surface area contributed by atoms with Crippen LogP contribution in [0.5, 0.6) is 0 Å². The van der Waals surface area contributed by atoms with Crippen LogP contribution in [0.3, 0.4) is 0 Å². The summed E-state index contributed by atoms with van der Waals surface area (Å²) in [6.07, 6.45) is 2.83. The lowest BCUT2D eigenvalue weighted by atomic mass is 10.0. The first kappa shape index (κ1) is 25.1. The number of carbonyl (C=O) groups excluding carboxylic acids is 1. The Morgan fingerprint density at radius 3 is 2.34 bits per heavy atom. The molecule has 0 aliphatic carbocycles. The number of nitrogens with two attached hydrogens (primary N) is 1. The zero-order valence-corrected chi connectivity index (χ0v) is 21.2. The molecule has 0 saturated carbocycles. The van der Waals surface area contributed by atoms with E-state index in [1.165, 1.54) is 21.1 Å². The molecular formula is C25H29ClN6O2S. The second-order valence-electron chi connectivity index (χ2n) is 8.61. The van der Waals surface area contributed by atoms with E-state index in [0.29, 0.717) is 27.8 Å². The molecule has 0 bridgehead atoms. The highest BCUT2D eigenvalue weighted by atomic mass is 35.5. The maximum absolute atomic E-state index is 13.1. The average molecular weight is 513 g/mol. The van der Waals surface area contributed by atoms with Gasteiger partial charge in [-0.05, 0) is 67.0 Å². The van der Waals surface area contributed by atoms with Crippen molar-refractivity contribution in [2.45, 2.75) is 25.8 Å². The molecule has 0 radical (unpaired) electrons. The summed E-state index contributed by atoms with van der Waals surface area (Å²) in [4.78, 5) is 30.6. The molecule has 1 aromatic heterocycles. The molecule has 2 N–H and O–H groups in total. The second kappa shape index (κ2) is 11.2. The minimum Gasteiger partial charge on any atom is -0.376 e. The minimum absolute atomic E-state index is 0.166. The Hall–Kier alpha value is -3.01. The van der Waals surface area contributed by atoms with E-state index in [0.717, 1.165) is 39.1 Å². The fourth-order valence-corrected chi connectivity index (χ4v) is 4.59. The van der Waals surface area contributed by atoms with Gasteiger partial charge in [-0.3, -0.25) is 9.69 Å². The van der Waals surface area contributed by atoms with Crippen LogP contribution >= 0.6 is 23.8 Å². The number of hydrogen-bond donors (Lipinski definition) is 1. The standard InChI is InChI=1S/C25H29ClN6O2S/c1-2-22(23(33)19-5-7-20(26)8-6-19)32-25(34)31(17-28-32)21-9-3-18(4-10-21)11-12-29-13-15-30(16-14-29)24(27)35/h3-10,17,22H,2,11-16H2,1H3,(H2,27,35). The van der Waals surface area contributed by atoms with Crippen molar-refractivity contribution >= 4 is 34.7 Å². The van der Waals surface area contributed by atoms with Gasteiger partial charge in [0.05, 0.1) is 5.69 Å². The van der Waals surface area contributed by atoms with E-state index in [9.17, 15) is 9.59 Å². The highest BCUT2D eigenvalue weighted by molar-refractivity contribution is 7.80. The van der Waals surface area contributed by atoms with Crippen molar-refractivity contribution in [3.8, 4) is 5.69 Å². The van der Waals surface area contributed by atoms with Crippen molar-refractivity contribution in [2.24, 2.45) is 5.73 Å². The summed E-state index contributed by atoms with van der Waals surface area (Å²) in [6.45, 7) is 6.42. The van der Waals surface area contributed by atoms with Crippen LogP contribution in [-0.2, 0) is 6.42 Å². The van der Waals surface area contributed by atoms with Crippen LogP contribution < -0.4 is 11.4 Å². The molecule has 2 heterocycles. The van der Waals surface area contributed by atoms with E-state index in [1.54, 1.807) is 24.3 Å². The van der Waals surface area contributed by atoms with Gasteiger partial charge in [-0.1, -0.05) is 30.7 Å². The molecule has 2 aromatic carbocycles. The molecule has 1 fully saturated rings. The van der Waals surface area contributed by atoms with E-state index in [-0.39, 0.29) is 11.5 Å². The zero-order valence-electron chi connectivity index (χ0n) is 19.6. The number of rotatable bonds is 8. The average Bonchev–Trinajstić information content (AvgIpc) is 3.25. The number of nitrogens with zero attached hydrogens (tertiary/aromatic N) is 5. The summed E-state index contributed by atoms with van der Waals surface area (Å²) >= 11 is 11.0. The molecule has 1 aliphatic rings. The van der Waals surface area contributed by atoms with E-state index in [1.807, 2.05) is 36.1 Å². The third-order valence-corrected chi connectivity index (χ3v) is 6.93. The number of carbonyl (C=O) groups is 1. The fourth-order valence-electron chi connectivity index (χ4n) is 4.29. The van der Waals surface area contributed by atoms with Crippen molar-refractivity contribution in [1.82, 2.24) is 24.1 Å². The highest BCUT2D eigenvalue weighted by Crippen LogP contribution is 2.18.